The Labute approximate surface area is 122 Å². The summed E-state index contributed by atoms with van der Waals surface area (Å²) in [6.45, 7) is 1.74. The van der Waals surface area contributed by atoms with Gasteiger partial charge in [0.1, 0.15) is 10.7 Å². The Morgan fingerprint density at radius 2 is 1.95 bits per heavy atom. The molecule has 5 nitrogen and oxygen atoms in total. The molecule has 0 radical (unpaired) electrons. The highest BCUT2D eigenvalue weighted by Crippen LogP contribution is 2.26. The van der Waals surface area contributed by atoms with Crippen LogP contribution in [0.25, 0.3) is 0 Å². The van der Waals surface area contributed by atoms with Crippen molar-refractivity contribution >= 4 is 21.6 Å². The molecule has 0 spiro atoms. The standard InChI is InChI=1S/C12H13ClFN3O2S/c13-11-2-1-10(14)9-12(11)20(18,19)17-7-5-16(4-3-15)6-8-17/h1-2,9H,4-8H2. The minimum atomic E-state index is -3.80. The summed E-state index contributed by atoms with van der Waals surface area (Å²) >= 11 is 5.85. The van der Waals surface area contributed by atoms with Crippen LogP contribution in [-0.2, 0) is 10.0 Å². The third-order valence-electron chi connectivity index (χ3n) is 3.14. The van der Waals surface area contributed by atoms with Crippen LogP contribution in [0.4, 0.5) is 4.39 Å². The molecule has 1 saturated heterocycles. The SMILES string of the molecule is N#CCN1CCN(S(=O)(=O)c2cc(F)ccc2Cl)CC1. The van der Waals surface area contributed by atoms with Crippen LogP contribution >= 0.6 is 11.6 Å². The van der Waals surface area contributed by atoms with Crippen molar-refractivity contribution < 1.29 is 12.8 Å². The zero-order valence-corrected chi connectivity index (χ0v) is 12.2. The second-order valence-electron chi connectivity index (χ2n) is 4.41. The van der Waals surface area contributed by atoms with Crippen molar-refractivity contribution in [2.45, 2.75) is 4.90 Å². The zero-order chi connectivity index (χ0) is 14.8. The van der Waals surface area contributed by atoms with Gasteiger partial charge in [-0.2, -0.15) is 9.57 Å². The molecule has 1 aromatic carbocycles. The highest BCUT2D eigenvalue weighted by atomic mass is 35.5. The molecule has 108 valence electrons. The molecule has 1 aliphatic heterocycles. The molecule has 0 N–H and O–H groups in total. The molecule has 8 heteroatoms. The Morgan fingerprint density at radius 3 is 2.55 bits per heavy atom. The van der Waals surface area contributed by atoms with E-state index in [1.165, 1.54) is 10.4 Å². The van der Waals surface area contributed by atoms with Crippen LogP contribution in [-0.4, -0.2) is 50.3 Å². The van der Waals surface area contributed by atoms with Crippen LogP contribution in [0.1, 0.15) is 0 Å². The topological polar surface area (TPSA) is 64.4 Å². The highest BCUT2D eigenvalue weighted by Gasteiger charge is 2.30. The van der Waals surface area contributed by atoms with Gasteiger partial charge in [-0.15, -0.1) is 0 Å². The molecule has 1 fully saturated rings. The molecule has 2 rings (SSSR count). The van der Waals surface area contributed by atoms with E-state index in [0.717, 1.165) is 12.1 Å². The van der Waals surface area contributed by atoms with E-state index >= 15 is 0 Å². The molecule has 0 atom stereocenters. The summed E-state index contributed by atoms with van der Waals surface area (Å²) in [5.41, 5.74) is 0. The Hall–Kier alpha value is -1.20. The van der Waals surface area contributed by atoms with Crippen LogP contribution in [0, 0.1) is 17.1 Å². The van der Waals surface area contributed by atoms with Gasteiger partial charge in [-0.1, -0.05) is 11.6 Å². The number of halogens is 2. The molecule has 0 aromatic heterocycles. The third kappa shape index (κ3) is 3.10. The number of hydrogen-bond donors (Lipinski definition) is 0. The molecule has 1 aliphatic rings. The van der Waals surface area contributed by atoms with Crippen molar-refractivity contribution in [3.8, 4) is 6.07 Å². The van der Waals surface area contributed by atoms with Crippen LogP contribution in [0.2, 0.25) is 5.02 Å². The summed E-state index contributed by atoms with van der Waals surface area (Å²) in [4.78, 5) is 1.65. The molecule has 20 heavy (non-hydrogen) atoms. The number of sulfonamides is 1. The highest BCUT2D eigenvalue weighted by molar-refractivity contribution is 7.89. The zero-order valence-electron chi connectivity index (χ0n) is 10.6. The summed E-state index contributed by atoms with van der Waals surface area (Å²) in [6, 6.07) is 5.31. The number of piperazine rings is 1. The minimum Gasteiger partial charge on any atom is -0.288 e. The summed E-state index contributed by atoms with van der Waals surface area (Å²) in [5, 5.41) is 8.61. The van der Waals surface area contributed by atoms with Crippen molar-refractivity contribution in [3.63, 3.8) is 0 Å². The van der Waals surface area contributed by atoms with Crippen molar-refractivity contribution in [1.29, 1.82) is 5.26 Å². The number of rotatable bonds is 3. The van der Waals surface area contributed by atoms with E-state index in [2.05, 4.69) is 0 Å². The first-order valence-electron chi connectivity index (χ1n) is 5.99. The second kappa shape index (κ2) is 6.06. The lowest BCUT2D eigenvalue weighted by Gasteiger charge is -2.32. The van der Waals surface area contributed by atoms with E-state index in [0.29, 0.717) is 13.1 Å². The maximum absolute atomic E-state index is 13.2. The van der Waals surface area contributed by atoms with Crippen LogP contribution < -0.4 is 0 Å². The van der Waals surface area contributed by atoms with Crippen LogP contribution in [0.3, 0.4) is 0 Å². The molecule has 0 bridgehead atoms. The van der Waals surface area contributed by atoms with E-state index in [4.69, 9.17) is 16.9 Å². The fraction of sp³-hybridized carbons (Fsp3) is 0.417. The molecule has 1 aromatic rings. The molecule has 0 unspecified atom stereocenters. The third-order valence-corrected chi connectivity index (χ3v) is 5.52. The van der Waals surface area contributed by atoms with E-state index in [-0.39, 0.29) is 29.6 Å². The molecule has 0 saturated carbocycles. The summed E-state index contributed by atoms with van der Waals surface area (Å²) < 4.78 is 39.3. The maximum Gasteiger partial charge on any atom is 0.244 e. The van der Waals surface area contributed by atoms with Crippen LogP contribution in [0.15, 0.2) is 23.1 Å². The van der Waals surface area contributed by atoms with Crippen molar-refractivity contribution in [3.05, 3.63) is 29.0 Å². The van der Waals surface area contributed by atoms with Gasteiger partial charge in [0.15, 0.2) is 0 Å². The average Bonchev–Trinajstić information content (AvgIpc) is 2.42. The van der Waals surface area contributed by atoms with Gasteiger partial charge in [0.2, 0.25) is 10.0 Å². The first kappa shape index (κ1) is 15.2. The minimum absolute atomic E-state index is 0.00542. The van der Waals surface area contributed by atoms with E-state index in [1.54, 1.807) is 0 Å². The molecule has 0 amide bonds. The van der Waals surface area contributed by atoms with Gasteiger partial charge >= 0.3 is 0 Å². The predicted octanol–water partition coefficient (Wildman–Crippen LogP) is 1.31. The van der Waals surface area contributed by atoms with Crippen LogP contribution in [0.5, 0.6) is 0 Å². The van der Waals surface area contributed by atoms with Gasteiger partial charge in [-0.05, 0) is 18.2 Å². The Morgan fingerprint density at radius 1 is 1.30 bits per heavy atom. The monoisotopic (exact) mass is 317 g/mol. The van der Waals surface area contributed by atoms with Crippen molar-refractivity contribution in [2.24, 2.45) is 0 Å². The lowest BCUT2D eigenvalue weighted by molar-refractivity contribution is 0.206. The van der Waals surface area contributed by atoms with Gasteiger partial charge in [-0.3, -0.25) is 4.90 Å². The molecular formula is C12H13ClFN3O2S. The fourth-order valence-electron chi connectivity index (χ4n) is 2.04. The predicted molar refractivity (Wildman–Crippen MR) is 72.2 cm³/mol. The molecular weight excluding hydrogens is 305 g/mol. The Bertz CT molecular complexity index is 637. The number of nitriles is 1. The van der Waals surface area contributed by atoms with Crippen molar-refractivity contribution in [2.75, 3.05) is 32.7 Å². The largest absolute Gasteiger partial charge is 0.288 e. The fourth-order valence-corrected chi connectivity index (χ4v) is 3.95. The number of benzene rings is 1. The molecule has 1 heterocycles. The van der Waals surface area contributed by atoms with Gasteiger partial charge in [0.05, 0.1) is 17.6 Å². The van der Waals surface area contributed by atoms with E-state index in [9.17, 15) is 12.8 Å². The Kier molecular flexibility index (Phi) is 4.60. The van der Waals surface area contributed by atoms with Gasteiger partial charge in [0, 0.05) is 26.2 Å². The van der Waals surface area contributed by atoms with Gasteiger partial charge < -0.3 is 0 Å². The van der Waals surface area contributed by atoms with Gasteiger partial charge in [-0.25, -0.2) is 12.8 Å². The first-order chi connectivity index (χ1) is 9.45. The lowest BCUT2D eigenvalue weighted by atomic mass is 10.3. The quantitative estimate of drug-likeness (QED) is 0.789. The summed E-state index contributed by atoms with van der Waals surface area (Å²) in [5.74, 6) is -0.643. The van der Waals surface area contributed by atoms with E-state index in [1.807, 2.05) is 11.0 Å². The second-order valence-corrected chi connectivity index (χ2v) is 6.73. The van der Waals surface area contributed by atoms with E-state index < -0.39 is 15.8 Å². The Balaban J connectivity index is 2.20. The summed E-state index contributed by atoms with van der Waals surface area (Å²) in [7, 11) is -3.80. The molecule has 0 aliphatic carbocycles. The first-order valence-corrected chi connectivity index (χ1v) is 7.81. The summed E-state index contributed by atoms with van der Waals surface area (Å²) in [6.07, 6.45) is 0. The average molecular weight is 318 g/mol. The number of nitrogens with zero attached hydrogens (tertiary/aromatic N) is 3. The number of hydrogen-bond acceptors (Lipinski definition) is 4. The lowest BCUT2D eigenvalue weighted by Crippen LogP contribution is -2.48. The maximum atomic E-state index is 13.2. The van der Waals surface area contributed by atoms with Gasteiger partial charge in [0.25, 0.3) is 0 Å². The van der Waals surface area contributed by atoms with Crippen molar-refractivity contribution in [1.82, 2.24) is 9.21 Å². The normalized spacial score (nSPS) is 17.9. The smallest absolute Gasteiger partial charge is 0.244 e.